The van der Waals surface area contributed by atoms with Crippen LogP contribution in [-0.2, 0) is 90.8 Å². The molecule has 0 N–H and O–H groups in total. The van der Waals surface area contributed by atoms with Crippen LogP contribution >= 0.6 is 0 Å². The summed E-state index contributed by atoms with van der Waals surface area (Å²) in [6, 6.07) is 36.3. The molecule has 0 saturated heterocycles. The van der Waals surface area contributed by atoms with Gasteiger partial charge in [-0.3, -0.25) is 0 Å². The summed E-state index contributed by atoms with van der Waals surface area (Å²) >= 11 is 0. The molecule has 0 saturated carbocycles. The minimum Gasteiger partial charge on any atom is -0.493 e. The van der Waals surface area contributed by atoms with Crippen LogP contribution in [0.15, 0.2) is 91.0 Å². The third kappa shape index (κ3) is 14.8. The molecule has 0 amide bonds. The molecule has 3 aliphatic rings. The Balaban J connectivity index is 1.43. The Morgan fingerprint density at radius 1 is 0.256 bits per heavy atom. The monoisotopic (exact) mass is 1210 g/mol. The highest BCUT2D eigenvalue weighted by atomic mass is 16.5. The Kier molecular flexibility index (Phi) is 18.7. The van der Waals surface area contributed by atoms with Crippen molar-refractivity contribution in [1.29, 1.82) is 0 Å². The second-order valence-corrected chi connectivity index (χ2v) is 32.9. The average molecular weight is 1210 g/mol. The van der Waals surface area contributed by atoms with Crippen molar-refractivity contribution in [2.45, 2.75) is 255 Å². The molecular formula is C84H108O6. The van der Waals surface area contributed by atoms with Gasteiger partial charge in [-0.05, 0) is 187 Å². The van der Waals surface area contributed by atoms with Gasteiger partial charge < -0.3 is 28.4 Å². The van der Waals surface area contributed by atoms with Crippen LogP contribution in [0, 0.1) is 0 Å². The van der Waals surface area contributed by atoms with Crippen molar-refractivity contribution in [3.63, 3.8) is 0 Å². The van der Waals surface area contributed by atoms with E-state index in [9.17, 15) is 0 Å². The van der Waals surface area contributed by atoms with E-state index in [2.05, 4.69) is 236 Å². The molecular weight excluding hydrogens is 1100 g/mol. The molecule has 0 radical (unpaired) electrons. The minimum atomic E-state index is -0.183. The third-order valence-electron chi connectivity index (χ3n) is 18.6. The Hall–Kier alpha value is -6.66. The fraction of sp³-hybridized carbons (Fsp3) is 0.500. The fourth-order valence-electron chi connectivity index (χ4n) is 13.2. The molecule has 12 bridgehead atoms. The van der Waals surface area contributed by atoms with Gasteiger partial charge in [-0.1, -0.05) is 218 Å². The quantitative estimate of drug-likeness (QED) is 0.144. The summed E-state index contributed by atoms with van der Waals surface area (Å²) in [6.45, 7) is 51.6. The standard InChI is InChI=1S/C84H108O6/c1-22-25-85-73-55-31-61-43-70(82(13,14)15)45-63-33-57-39-68(80(7,8)9)41-59(74(57)86-26-23-2)35-65-47-72(84(19,20)21)48-66-36-60-42-69(81(10,11)12)40-58(75(60)87-27-24-3)34-64-46-71(83(16,17)18)44-62(32-56(73)38-67(37-55)79(4,5)6)77(64)89-50-53-28-52(49-88-76(61)63)29-54(30-53)51-90-78(65)66/h28-30,37-48H,22-27,31-36,49-51H2,1-21H3. The van der Waals surface area contributed by atoms with Gasteiger partial charge in [0.15, 0.2) is 0 Å². The highest BCUT2D eigenvalue weighted by Gasteiger charge is 2.32. The lowest BCUT2D eigenvalue weighted by atomic mass is 9.79. The van der Waals surface area contributed by atoms with Gasteiger partial charge in [0.05, 0.1) is 19.8 Å². The summed E-state index contributed by atoms with van der Waals surface area (Å²) < 4.78 is 44.6. The molecule has 0 atom stereocenters. The number of ether oxygens (including phenoxy) is 6. The van der Waals surface area contributed by atoms with Crippen LogP contribution in [0.4, 0.5) is 0 Å². The van der Waals surface area contributed by atoms with E-state index in [1.807, 2.05) is 0 Å². The minimum absolute atomic E-state index is 0.177. The molecule has 0 unspecified atom stereocenters. The molecule has 0 spiro atoms. The zero-order valence-electron chi connectivity index (χ0n) is 59.2. The van der Waals surface area contributed by atoms with Gasteiger partial charge in [0.1, 0.15) is 54.3 Å². The van der Waals surface area contributed by atoms with Gasteiger partial charge in [-0.25, -0.2) is 0 Å². The van der Waals surface area contributed by atoms with E-state index in [1.165, 1.54) is 33.4 Å². The van der Waals surface area contributed by atoms with Gasteiger partial charge in [-0.2, -0.15) is 0 Å². The van der Waals surface area contributed by atoms with Crippen LogP contribution in [0.3, 0.4) is 0 Å². The van der Waals surface area contributed by atoms with Crippen molar-refractivity contribution in [3.05, 3.63) is 208 Å². The molecule has 0 aliphatic carbocycles. The summed E-state index contributed by atoms with van der Waals surface area (Å²) in [5.74, 6) is 5.60. The number of hydrogen-bond donors (Lipinski definition) is 0. The van der Waals surface area contributed by atoms with E-state index in [0.717, 1.165) is 137 Å². The van der Waals surface area contributed by atoms with Crippen molar-refractivity contribution in [1.82, 2.24) is 0 Å². The molecule has 7 aromatic rings. The highest BCUT2D eigenvalue weighted by molar-refractivity contribution is 5.62. The van der Waals surface area contributed by atoms with Crippen LogP contribution in [0.25, 0.3) is 0 Å². The first-order valence-electron chi connectivity index (χ1n) is 34.0. The van der Waals surface area contributed by atoms with Gasteiger partial charge in [0, 0.05) is 38.5 Å². The normalized spacial score (nSPS) is 14.6. The van der Waals surface area contributed by atoms with Crippen LogP contribution in [0.5, 0.6) is 34.5 Å². The highest BCUT2D eigenvalue weighted by Crippen LogP contribution is 2.47. The SMILES string of the molecule is CCCOc1c2cc(C(C)(C)C)cc1Cc1cc(C(C)(C)C)cc3c1OCc1cc4cc(c1)COc1c(cc(C(C)(C)C)cc1Cc1cc(C(C)(C)C)cc(c1OCCC)C3)Cc1cc(C(C)(C)C)cc(c1OCCC)Cc1cc(C(C)(C)C)cc(c1OC4)C2. The lowest BCUT2D eigenvalue weighted by Gasteiger charge is -2.30. The molecule has 3 aliphatic heterocycles. The van der Waals surface area contributed by atoms with E-state index in [4.69, 9.17) is 28.4 Å². The molecule has 7 aromatic carbocycles. The molecule has 0 fully saturated rings. The van der Waals surface area contributed by atoms with E-state index < -0.39 is 0 Å². The van der Waals surface area contributed by atoms with Gasteiger partial charge in [0.25, 0.3) is 0 Å². The summed E-state index contributed by atoms with van der Waals surface area (Å²) in [6.07, 6.45) is 6.25. The first-order valence-corrected chi connectivity index (χ1v) is 34.0. The number of benzene rings is 7. The van der Waals surface area contributed by atoms with Gasteiger partial charge in [-0.15, -0.1) is 0 Å². The van der Waals surface area contributed by atoms with Crippen molar-refractivity contribution < 1.29 is 28.4 Å². The van der Waals surface area contributed by atoms with Crippen LogP contribution < -0.4 is 28.4 Å². The van der Waals surface area contributed by atoms with E-state index in [-0.39, 0.29) is 32.5 Å². The number of hydrogen-bond acceptors (Lipinski definition) is 6. The first kappa shape index (κ1) is 66.3. The fourth-order valence-corrected chi connectivity index (χ4v) is 13.2. The summed E-state index contributed by atoms with van der Waals surface area (Å²) in [5.41, 5.74) is 23.6. The zero-order chi connectivity index (χ0) is 65.0. The lowest BCUT2D eigenvalue weighted by Crippen LogP contribution is -2.18. The van der Waals surface area contributed by atoms with Crippen LogP contribution in [-0.4, -0.2) is 19.8 Å². The smallest absolute Gasteiger partial charge is 0.126 e. The molecule has 0 aromatic heterocycles. The summed E-state index contributed by atoms with van der Waals surface area (Å²) in [5, 5.41) is 0. The molecule has 90 heavy (non-hydrogen) atoms. The molecule has 10 rings (SSSR count). The Labute approximate surface area is 543 Å². The van der Waals surface area contributed by atoms with Crippen molar-refractivity contribution in [3.8, 4) is 34.5 Å². The predicted molar refractivity (Wildman–Crippen MR) is 374 cm³/mol. The van der Waals surface area contributed by atoms with Crippen LogP contribution in [0.2, 0.25) is 0 Å². The lowest BCUT2D eigenvalue weighted by molar-refractivity contribution is 0.286. The second-order valence-electron chi connectivity index (χ2n) is 32.9. The van der Waals surface area contributed by atoms with Gasteiger partial charge in [0.2, 0.25) is 0 Å². The Bertz CT molecular complexity index is 3240. The largest absolute Gasteiger partial charge is 0.493 e. The van der Waals surface area contributed by atoms with Gasteiger partial charge >= 0.3 is 0 Å². The van der Waals surface area contributed by atoms with Crippen LogP contribution in [0.1, 0.15) is 281 Å². The molecule has 480 valence electrons. The first-order chi connectivity index (χ1) is 42.2. The topological polar surface area (TPSA) is 55.4 Å². The predicted octanol–water partition coefficient (Wildman–Crippen LogP) is 21.1. The number of rotatable bonds is 9. The van der Waals surface area contributed by atoms with E-state index >= 15 is 0 Å². The number of fused-ring (bicyclic) bond motifs is 9. The maximum absolute atomic E-state index is 7.63. The Morgan fingerprint density at radius 2 is 0.422 bits per heavy atom. The molecule has 6 heteroatoms. The second kappa shape index (κ2) is 25.4. The average Bonchev–Trinajstić information content (AvgIpc) is 0.861. The van der Waals surface area contributed by atoms with Crippen molar-refractivity contribution >= 4 is 0 Å². The zero-order valence-corrected chi connectivity index (χ0v) is 59.2. The Morgan fingerprint density at radius 3 is 0.578 bits per heavy atom. The van der Waals surface area contributed by atoms with Crippen molar-refractivity contribution in [2.75, 3.05) is 19.8 Å². The maximum Gasteiger partial charge on any atom is 0.126 e. The van der Waals surface area contributed by atoms with E-state index in [1.54, 1.807) is 0 Å². The maximum atomic E-state index is 7.63. The summed E-state index contributed by atoms with van der Waals surface area (Å²) in [7, 11) is 0. The molecule has 3 heterocycles. The summed E-state index contributed by atoms with van der Waals surface area (Å²) in [4.78, 5) is 0. The van der Waals surface area contributed by atoms with E-state index in [0.29, 0.717) is 78.2 Å². The molecule has 6 nitrogen and oxygen atoms in total. The third-order valence-corrected chi connectivity index (χ3v) is 18.6. The van der Waals surface area contributed by atoms with Crippen molar-refractivity contribution in [2.24, 2.45) is 0 Å².